The molecule has 0 bridgehead atoms. The van der Waals surface area contributed by atoms with Crippen LogP contribution < -0.4 is 10.1 Å². The van der Waals surface area contributed by atoms with Crippen molar-refractivity contribution in [2.45, 2.75) is 4.34 Å². The molecular formula is C14H12N4O2S3. The first-order chi connectivity index (χ1) is 11.2. The smallest absolute Gasteiger partial charge is 0.236 e. The number of rotatable bonds is 6. The molecule has 0 fully saturated rings. The fourth-order valence-electron chi connectivity index (χ4n) is 1.69. The number of thioether (sulfide) groups is 1. The Kier molecular flexibility index (Phi) is 5.21. The average Bonchev–Trinajstić information content (AvgIpc) is 3.25. The standard InChI is InChI=1S/C14H12N4O2S3/c1-20-10-4-2-9(3-5-10)12-17-14(23-18-12)22-8-11(19)16-13-15-6-7-21-13/h2-7H,8H2,1H3,(H,15,16,19). The van der Waals surface area contributed by atoms with Crippen LogP contribution in [0.5, 0.6) is 5.75 Å². The zero-order valence-electron chi connectivity index (χ0n) is 12.1. The molecule has 2 heterocycles. The van der Waals surface area contributed by atoms with E-state index in [1.807, 2.05) is 29.6 Å². The van der Waals surface area contributed by atoms with E-state index in [0.717, 1.165) is 15.7 Å². The number of nitrogens with zero attached hydrogens (tertiary/aromatic N) is 3. The zero-order valence-corrected chi connectivity index (χ0v) is 14.5. The molecule has 3 aromatic rings. The number of benzene rings is 1. The highest BCUT2D eigenvalue weighted by Crippen LogP contribution is 2.26. The molecule has 0 spiro atoms. The van der Waals surface area contributed by atoms with Crippen molar-refractivity contribution >= 4 is 45.7 Å². The predicted octanol–water partition coefficient (Wildman–Crippen LogP) is 3.40. The molecule has 0 aliphatic rings. The molecule has 1 amide bonds. The van der Waals surface area contributed by atoms with Crippen LogP contribution in [0.2, 0.25) is 0 Å². The first-order valence-corrected chi connectivity index (χ1v) is 9.19. The van der Waals surface area contributed by atoms with Crippen LogP contribution in [0.4, 0.5) is 5.13 Å². The molecule has 0 atom stereocenters. The number of aromatic nitrogens is 3. The number of thiazole rings is 1. The van der Waals surface area contributed by atoms with Gasteiger partial charge in [-0.2, -0.15) is 4.37 Å². The van der Waals surface area contributed by atoms with Crippen LogP contribution >= 0.6 is 34.6 Å². The van der Waals surface area contributed by atoms with Crippen LogP contribution in [0.1, 0.15) is 0 Å². The minimum absolute atomic E-state index is 0.105. The average molecular weight is 364 g/mol. The molecule has 23 heavy (non-hydrogen) atoms. The Morgan fingerprint density at radius 3 is 2.87 bits per heavy atom. The molecule has 3 rings (SSSR count). The van der Waals surface area contributed by atoms with E-state index < -0.39 is 0 Å². The van der Waals surface area contributed by atoms with Crippen molar-refractivity contribution in [1.29, 1.82) is 0 Å². The first-order valence-electron chi connectivity index (χ1n) is 6.55. The van der Waals surface area contributed by atoms with Crippen molar-refractivity contribution < 1.29 is 9.53 Å². The second kappa shape index (κ2) is 7.53. The zero-order chi connectivity index (χ0) is 16.1. The van der Waals surface area contributed by atoms with Gasteiger partial charge in [0.2, 0.25) is 5.91 Å². The number of methoxy groups -OCH3 is 1. The van der Waals surface area contributed by atoms with Crippen molar-refractivity contribution in [2.24, 2.45) is 0 Å². The van der Waals surface area contributed by atoms with Gasteiger partial charge in [-0.05, 0) is 35.8 Å². The summed E-state index contributed by atoms with van der Waals surface area (Å²) in [7, 11) is 1.63. The highest BCUT2D eigenvalue weighted by Gasteiger charge is 2.10. The van der Waals surface area contributed by atoms with Gasteiger partial charge < -0.3 is 10.1 Å². The number of ether oxygens (including phenoxy) is 1. The fraction of sp³-hybridized carbons (Fsp3) is 0.143. The maximum absolute atomic E-state index is 11.8. The Hall–Kier alpha value is -1.97. The molecule has 0 saturated heterocycles. The lowest BCUT2D eigenvalue weighted by atomic mass is 10.2. The lowest BCUT2D eigenvalue weighted by Crippen LogP contribution is -2.13. The molecule has 0 aliphatic carbocycles. The molecule has 0 saturated carbocycles. The summed E-state index contributed by atoms with van der Waals surface area (Å²) in [4.78, 5) is 20.3. The predicted molar refractivity (Wildman–Crippen MR) is 93.4 cm³/mol. The highest BCUT2D eigenvalue weighted by molar-refractivity contribution is 8.01. The minimum atomic E-state index is -0.105. The molecule has 6 nitrogen and oxygen atoms in total. The number of hydrogen-bond donors (Lipinski definition) is 1. The number of nitrogens with one attached hydrogen (secondary N) is 1. The third-order valence-corrected chi connectivity index (χ3v) is 5.28. The van der Waals surface area contributed by atoms with Gasteiger partial charge in [0.15, 0.2) is 15.3 Å². The van der Waals surface area contributed by atoms with Crippen LogP contribution in [0.25, 0.3) is 11.4 Å². The van der Waals surface area contributed by atoms with Crippen molar-refractivity contribution in [3.8, 4) is 17.1 Å². The van der Waals surface area contributed by atoms with Crippen LogP contribution in [-0.2, 0) is 4.79 Å². The Labute approximate surface area is 145 Å². The number of carbonyl (C=O) groups is 1. The minimum Gasteiger partial charge on any atom is -0.497 e. The molecule has 0 unspecified atom stereocenters. The summed E-state index contributed by atoms with van der Waals surface area (Å²) in [5.74, 6) is 1.61. The Balaban J connectivity index is 1.57. The Morgan fingerprint density at radius 2 is 2.17 bits per heavy atom. The van der Waals surface area contributed by atoms with Crippen molar-refractivity contribution in [3.63, 3.8) is 0 Å². The second-order valence-corrected chi connectivity index (χ2v) is 7.16. The Bertz CT molecular complexity index is 772. The SMILES string of the molecule is COc1ccc(-c2nsc(SCC(=O)Nc3nccs3)n2)cc1. The third kappa shape index (κ3) is 4.27. The van der Waals surface area contributed by atoms with Crippen LogP contribution in [0, 0.1) is 0 Å². The van der Waals surface area contributed by atoms with Gasteiger partial charge >= 0.3 is 0 Å². The fourth-order valence-corrected chi connectivity index (χ4v) is 3.65. The van der Waals surface area contributed by atoms with Gasteiger partial charge in [-0.15, -0.1) is 11.3 Å². The molecule has 0 aliphatic heterocycles. The molecular weight excluding hydrogens is 352 g/mol. The number of anilines is 1. The number of carbonyl (C=O) groups excluding carboxylic acids is 1. The summed E-state index contributed by atoms with van der Waals surface area (Å²) >= 11 is 4.03. The van der Waals surface area contributed by atoms with Gasteiger partial charge in [0, 0.05) is 17.1 Å². The van der Waals surface area contributed by atoms with E-state index >= 15 is 0 Å². The van der Waals surface area contributed by atoms with E-state index in [0.29, 0.717) is 11.0 Å². The van der Waals surface area contributed by atoms with E-state index in [1.165, 1.54) is 34.6 Å². The first kappa shape index (κ1) is 15.9. The monoisotopic (exact) mass is 364 g/mol. The van der Waals surface area contributed by atoms with Gasteiger partial charge in [0.25, 0.3) is 0 Å². The van der Waals surface area contributed by atoms with E-state index in [1.54, 1.807) is 13.3 Å². The summed E-state index contributed by atoms with van der Waals surface area (Å²) < 4.78 is 10.2. The molecule has 9 heteroatoms. The van der Waals surface area contributed by atoms with Gasteiger partial charge in [-0.25, -0.2) is 9.97 Å². The van der Waals surface area contributed by atoms with Crippen LogP contribution in [0.3, 0.4) is 0 Å². The third-order valence-electron chi connectivity index (χ3n) is 2.76. The Morgan fingerprint density at radius 1 is 1.35 bits per heavy atom. The normalized spacial score (nSPS) is 10.5. The summed E-state index contributed by atoms with van der Waals surface area (Å²) in [5.41, 5.74) is 0.918. The molecule has 2 aromatic heterocycles. The van der Waals surface area contributed by atoms with E-state index in [-0.39, 0.29) is 11.7 Å². The molecule has 118 valence electrons. The molecule has 0 radical (unpaired) electrons. The topological polar surface area (TPSA) is 77.0 Å². The van der Waals surface area contributed by atoms with E-state index in [4.69, 9.17) is 4.74 Å². The maximum atomic E-state index is 11.8. The van der Waals surface area contributed by atoms with E-state index in [9.17, 15) is 4.79 Å². The van der Waals surface area contributed by atoms with Crippen molar-refractivity contribution in [1.82, 2.24) is 14.3 Å². The molecule has 1 N–H and O–H groups in total. The summed E-state index contributed by atoms with van der Waals surface area (Å²) in [6.07, 6.45) is 1.65. The van der Waals surface area contributed by atoms with Gasteiger partial charge in [-0.1, -0.05) is 11.8 Å². The maximum Gasteiger partial charge on any atom is 0.236 e. The van der Waals surface area contributed by atoms with Crippen molar-refractivity contribution in [2.75, 3.05) is 18.2 Å². The van der Waals surface area contributed by atoms with Gasteiger partial charge in [0.1, 0.15) is 5.75 Å². The number of amides is 1. The highest BCUT2D eigenvalue weighted by atomic mass is 32.2. The van der Waals surface area contributed by atoms with E-state index in [2.05, 4.69) is 19.7 Å². The van der Waals surface area contributed by atoms with Crippen molar-refractivity contribution in [3.05, 3.63) is 35.8 Å². The van der Waals surface area contributed by atoms with Crippen LogP contribution in [0.15, 0.2) is 40.2 Å². The van der Waals surface area contributed by atoms with Gasteiger partial charge in [0.05, 0.1) is 12.9 Å². The van der Waals surface area contributed by atoms with Crippen LogP contribution in [-0.4, -0.2) is 33.1 Å². The number of hydrogen-bond acceptors (Lipinski definition) is 8. The second-order valence-electron chi connectivity index (χ2n) is 4.29. The van der Waals surface area contributed by atoms with Gasteiger partial charge in [-0.3, -0.25) is 4.79 Å². The lowest BCUT2D eigenvalue weighted by Gasteiger charge is -2.00. The summed E-state index contributed by atoms with van der Waals surface area (Å²) in [5, 5.41) is 5.15. The quantitative estimate of drug-likeness (QED) is 0.676. The molecule has 1 aromatic carbocycles. The lowest BCUT2D eigenvalue weighted by molar-refractivity contribution is -0.113. The largest absolute Gasteiger partial charge is 0.497 e. The summed E-state index contributed by atoms with van der Waals surface area (Å²) in [6.45, 7) is 0. The summed E-state index contributed by atoms with van der Waals surface area (Å²) in [6, 6.07) is 7.55.